The summed E-state index contributed by atoms with van der Waals surface area (Å²) in [5.41, 5.74) is 2.30. The van der Waals surface area contributed by atoms with Gasteiger partial charge in [-0.2, -0.15) is 0 Å². The molecule has 1 aliphatic carbocycles. The molecule has 2 aromatic rings. The number of rotatable bonds is 2. The van der Waals surface area contributed by atoms with Crippen molar-refractivity contribution in [3.63, 3.8) is 0 Å². The van der Waals surface area contributed by atoms with Gasteiger partial charge in [0.2, 0.25) is 0 Å². The molecule has 0 aliphatic heterocycles. The third-order valence-corrected chi connectivity index (χ3v) is 4.56. The number of aromatic nitrogens is 2. The zero-order valence-electron chi connectivity index (χ0n) is 12.3. The first-order valence-electron chi connectivity index (χ1n) is 7.33. The molecule has 3 nitrogen and oxygen atoms in total. The second-order valence-corrected chi connectivity index (χ2v) is 7.38. The third kappa shape index (κ3) is 2.64. The molecule has 1 fully saturated rings. The van der Waals surface area contributed by atoms with Crippen molar-refractivity contribution in [3.05, 3.63) is 23.5 Å². The second-order valence-electron chi connectivity index (χ2n) is 6.98. The van der Waals surface area contributed by atoms with E-state index in [1.807, 2.05) is 12.3 Å². The molecule has 108 valence electrons. The van der Waals surface area contributed by atoms with Crippen molar-refractivity contribution >= 4 is 28.3 Å². The third-order valence-electron chi connectivity index (χ3n) is 4.28. The lowest BCUT2D eigenvalue weighted by Crippen LogP contribution is -2.35. The fourth-order valence-corrected chi connectivity index (χ4v) is 4.00. The summed E-state index contributed by atoms with van der Waals surface area (Å²) in [5, 5.41) is 5.45. The number of hydrogen-bond acceptors (Lipinski definition) is 2. The van der Waals surface area contributed by atoms with Crippen molar-refractivity contribution in [2.75, 3.05) is 5.32 Å². The van der Waals surface area contributed by atoms with Crippen LogP contribution in [0.25, 0.3) is 11.0 Å². The first-order chi connectivity index (χ1) is 9.44. The lowest BCUT2D eigenvalue weighted by Gasteiger charge is -2.39. The minimum absolute atomic E-state index is 0.395. The molecule has 2 heterocycles. The van der Waals surface area contributed by atoms with E-state index in [4.69, 9.17) is 11.6 Å². The molecule has 1 aliphatic rings. The summed E-state index contributed by atoms with van der Waals surface area (Å²) in [7, 11) is 0. The Morgan fingerprint density at radius 2 is 2.20 bits per heavy atom. The Labute approximate surface area is 125 Å². The highest BCUT2D eigenvalue weighted by Gasteiger charge is 2.32. The average molecular weight is 292 g/mol. The molecule has 3 rings (SSSR count). The largest absolute Gasteiger partial charge is 0.380 e. The number of hydrogen-bond donors (Lipinski definition) is 2. The van der Waals surface area contributed by atoms with Crippen LogP contribution in [0.3, 0.4) is 0 Å². The summed E-state index contributed by atoms with van der Waals surface area (Å²) >= 11 is 6.35. The minimum Gasteiger partial charge on any atom is -0.380 e. The van der Waals surface area contributed by atoms with Crippen molar-refractivity contribution in [1.29, 1.82) is 0 Å². The monoisotopic (exact) mass is 291 g/mol. The molecule has 2 aromatic heterocycles. The standard InChI is InChI=1S/C16H22ClN3/c1-10-6-11(8-16(2,3)7-10)20-14-12-4-5-18-15(12)19-9-13(14)17/h4-5,9-11H,6-8H2,1-3H3,(H2,18,19,20). The molecule has 0 amide bonds. The molecule has 2 atom stereocenters. The zero-order chi connectivity index (χ0) is 14.3. The molecule has 2 unspecified atom stereocenters. The molecular formula is C16H22ClN3. The molecular weight excluding hydrogens is 270 g/mol. The van der Waals surface area contributed by atoms with Crippen molar-refractivity contribution < 1.29 is 0 Å². The molecule has 0 saturated heterocycles. The Bertz CT molecular complexity index is 617. The van der Waals surface area contributed by atoms with Gasteiger partial charge in [0.15, 0.2) is 0 Å². The van der Waals surface area contributed by atoms with Crippen LogP contribution in [0.1, 0.15) is 40.0 Å². The Morgan fingerprint density at radius 1 is 1.40 bits per heavy atom. The van der Waals surface area contributed by atoms with Crippen molar-refractivity contribution in [2.45, 2.75) is 46.1 Å². The molecule has 4 heteroatoms. The molecule has 2 N–H and O–H groups in total. The van der Waals surface area contributed by atoms with E-state index in [0.717, 1.165) is 22.6 Å². The van der Waals surface area contributed by atoms with Crippen LogP contribution in [-0.4, -0.2) is 16.0 Å². The predicted molar refractivity (Wildman–Crippen MR) is 85.3 cm³/mol. The van der Waals surface area contributed by atoms with E-state index < -0.39 is 0 Å². The number of fused-ring (bicyclic) bond motifs is 1. The lowest BCUT2D eigenvalue weighted by molar-refractivity contribution is 0.178. The van der Waals surface area contributed by atoms with E-state index in [9.17, 15) is 0 Å². The molecule has 20 heavy (non-hydrogen) atoms. The van der Waals surface area contributed by atoms with Gasteiger partial charge >= 0.3 is 0 Å². The Balaban J connectivity index is 1.89. The molecule has 0 radical (unpaired) electrons. The smallest absolute Gasteiger partial charge is 0.139 e. The maximum absolute atomic E-state index is 6.35. The summed E-state index contributed by atoms with van der Waals surface area (Å²) < 4.78 is 0. The number of nitrogens with one attached hydrogen (secondary N) is 2. The summed E-state index contributed by atoms with van der Waals surface area (Å²) in [6.07, 6.45) is 7.32. The van der Waals surface area contributed by atoms with E-state index >= 15 is 0 Å². The van der Waals surface area contributed by atoms with Crippen molar-refractivity contribution in [3.8, 4) is 0 Å². The number of H-pyrrole nitrogens is 1. The van der Waals surface area contributed by atoms with Gasteiger partial charge in [0.05, 0.1) is 16.9 Å². The molecule has 0 bridgehead atoms. The van der Waals surface area contributed by atoms with Crippen LogP contribution >= 0.6 is 11.6 Å². The second kappa shape index (κ2) is 4.96. The highest BCUT2D eigenvalue weighted by Crippen LogP contribution is 2.41. The zero-order valence-corrected chi connectivity index (χ0v) is 13.1. The highest BCUT2D eigenvalue weighted by molar-refractivity contribution is 6.34. The minimum atomic E-state index is 0.395. The van der Waals surface area contributed by atoms with Gasteiger partial charge < -0.3 is 10.3 Å². The normalized spacial score (nSPS) is 25.8. The van der Waals surface area contributed by atoms with Crippen LogP contribution < -0.4 is 5.32 Å². The number of anilines is 1. The van der Waals surface area contributed by atoms with Gasteiger partial charge in [0, 0.05) is 17.6 Å². The first-order valence-corrected chi connectivity index (χ1v) is 7.70. The topological polar surface area (TPSA) is 40.7 Å². The van der Waals surface area contributed by atoms with E-state index in [1.54, 1.807) is 6.20 Å². The Hall–Kier alpha value is -1.22. The summed E-state index contributed by atoms with van der Waals surface area (Å²) in [6, 6.07) is 2.51. The average Bonchev–Trinajstić information content (AvgIpc) is 2.78. The van der Waals surface area contributed by atoms with Crippen molar-refractivity contribution in [2.24, 2.45) is 11.3 Å². The molecule has 1 saturated carbocycles. The van der Waals surface area contributed by atoms with Crippen molar-refractivity contribution in [1.82, 2.24) is 9.97 Å². The SMILES string of the molecule is CC1CC(Nc2c(Cl)cnc3[nH]ccc23)CC(C)(C)C1. The fraction of sp³-hybridized carbons (Fsp3) is 0.562. The quantitative estimate of drug-likeness (QED) is 0.831. The Morgan fingerprint density at radius 3 is 2.95 bits per heavy atom. The van der Waals surface area contributed by atoms with Crippen LogP contribution in [0, 0.1) is 11.3 Å². The summed E-state index contributed by atoms with van der Waals surface area (Å²) in [5.74, 6) is 0.749. The number of nitrogens with zero attached hydrogens (tertiary/aromatic N) is 1. The fourth-order valence-electron chi connectivity index (χ4n) is 3.79. The van der Waals surface area contributed by atoms with Crippen LogP contribution in [0.5, 0.6) is 0 Å². The van der Waals surface area contributed by atoms with Gasteiger partial charge in [-0.25, -0.2) is 4.98 Å². The van der Waals surface area contributed by atoms with Crippen LogP contribution in [0.2, 0.25) is 5.02 Å². The van der Waals surface area contributed by atoms with E-state index in [-0.39, 0.29) is 0 Å². The number of aromatic amines is 1. The van der Waals surface area contributed by atoms with Gasteiger partial charge in [0.25, 0.3) is 0 Å². The van der Waals surface area contributed by atoms with Gasteiger partial charge in [-0.3, -0.25) is 0 Å². The lowest BCUT2D eigenvalue weighted by atomic mass is 9.70. The summed E-state index contributed by atoms with van der Waals surface area (Å²) in [4.78, 5) is 7.45. The van der Waals surface area contributed by atoms with Gasteiger partial charge in [0.1, 0.15) is 5.65 Å². The van der Waals surface area contributed by atoms with Gasteiger partial charge in [-0.05, 0) is 36.7 Å². The number of pyridine rings is 1. The highest BCUT2D eigenvalue weighted by atomic mass is 35.5. The first kappa shape index (κ1) is 13.7. The maximum Gasteiger partial charge on any atom is 0.139 e. The van der Waals surface area contributed by atoms with E-state index in [2.05, 4.69) is 36.1 Å². The van der Waals surface area contributed by atoms with E-state index in [0.29, 0.717) is 16.5 Å². The number of halogens is 1. The van der Waals surface area contributed by atoms with Crippen LogP contribution in [0.4, 0.5) is 5.69 Å². The summed E-state index contributed by atoms with van der Waals surface area (Å²) in [6.45, 7) is 7.06. The predicted octanol–water partition coefficient (Wildman–Crippen LogP) is 4.84. The van der Waals surface area contributed by atoms with Crippen LogP contribution in [0.15, 0.2) is 18.5 Å². The Kier molecular flexibility index (Phi) is 3.41. The van der Waals surface area contributed by atoms with Gasteiger partial charge in [-0.1, -0.05) is 32.4 Å². The maximum atomic E-state index is 6.35. The molecule has 0 aromatic carbocycles. The molecule has 0 spiro atoms. The van der Waals surface area contributed by atoms with Crippen LogP contribution in [-0.2, 0) is 0 Å². The van der Waals surface area contributed by atoms with E-state index in [1.165, 1.54) is 19.3 Å². The van der Waals surface area contributed by atoms with Gasteiger partial charge in [-0.15, -0.1) is 0 Å².